The number of carbonyl (C=O) groups is 1. The lowest BCUT2D eigenvalue weighted by Gasteiger charge is -2.37. The van der Waals surface area contributed by atoms with E-state index in [4.69, 9.17) is 0 Å². The van der Waals surface area contributed by atoms with Crippen LogP contribution < -0.4 is 15.8 Å². The fourth-order valence-corrected chi connectivity index (χ4v) is 2.93. The molecule has 3 heterocycles. The molecule has 5 heteroatoms. The molecule has 1 unspecified atom stereocenters. The number of nitrogens with zero attached hydrogens (tertiary/aromatic N) is 2. The number of anilines is 1. The maximum atomic E-state index is 11.7. The Kier molecular flexibility index (Phi) is 2.98. The number of hydrazine groups is 1. The van der Waals surface area contributed by atoms with Gasteiger partial charge in [0.15, 0.2) is 5.82 Å². The molecule has 0 spiro atoms. The van der Waals surface area contributed by atoms with Gasteiger partial charge in [-0.05, 0) is 30.2 Å². The smallest absolute Gasteiger partial charge is 0.224 e. The number of amides is 1. The van der Waals surface area contributed by atoms with Gasteiger partial charge in [0.25, 0.3) is 0 Å². The summed E-state index contributed by atoms with van der Waals surface area (Å²) in [6, 6.07) is 4.08. The van der Waals surface area contributed by atoms with Crippen LogP contribution in [0.4, 0.5) is 5.82 Å². The van der Waals surface area contributed by atoms with E-state index < -0.39 is 0 Å². The SMILES string of the molecule is CCNN1CC2=C(c3cccnc31)C(C)NC(=O)C2. The number of hydrogen-bond donors (Lipinski definition) is 2. The number of carbonyl (C=O) groups excluding carboxylic acids is 1. The van der Waals surface area contributed by atoms with Gasteiger partial charge in [-0.3, -0.25) is 9.80 Å². The van der Waals surface area contributed by atoms with Gasteiger partial charge in [0, 0.05) is 18.3 Å². The molecule has 0 radical (unpaired) electrons. The number of hydrogen-bond acceptors (Lipinski definition) is 4. The van der Waals surface area contributed by atoms with E-state index in [9.17, 15) is 4.79 Å². The standard InChI is InChI=1S/C14H18N4O/c1-3-16-18-8-10-7-12(19)17-9(2)13(10)11-5-4-6-15-14(11)18/h4-6,9,16H,3,7-8H2,1-2H3,(H,17,19). The van der Waals surface area contributed by atoms with Crippen molar-refractivity contribution in [1.29, 1.82) is 0 Å². The summed E-state index contributed by atoms with van der Waals surface area (Å²) in [5.41, 5.74) is 6.86. The van der Waals surface area contributed by atoms with Gasteiger partial charge in [-0.25, -0.2) is 10.4 Å². The number of nitrogens with one attached hydrogen (secondary N) is 2. The minimum atomic E-state index is 0.0583. The lowest BCUT2D eigenvalue weighted by Crippen LogP contribution is -2.47. The molecule has 2 aliphatic rings. The number of pyridine rings is 1. The largest absolute Gasteiger partial charge is 0.349 e. The van der Waals surface area contributed by atoms with Crippen LogP contribution in [0.3, 0.4) is 0 Å². The highest BCUT2D eigenvalue weighted by Gasteiger charge is 2.32. The van der Waals surface area contributed by atoms with Crippen LogP contribution in [0.15, 0.2) is 23.9 Å². The molecule has 0 saturated heterocycles. The van der Waals surface area contributed by atoms with Crippen LogP contribution in [0, 0.1) is 0 Å². The van der Waals surface area contributed by atoms with Gasteiger partial charge < -0.3 is 5.32 Å². The second-order valence-corrected chi connectivity index (χ2v) is 4.96. The lowest BCUT2D eigenvalue weighted by atomic mass is 9.87. The summed E-state index contributed by atoms with van der Waals surface area (Å²) in [4.78, 5) is 16.2. The zero-order chi connectivity index (χ0) is 13.4. The molecule has 0 aromatic carbocycles. The van der Waals surface area contributed by atoms with Crippen LogP contribution >= 0.6 is 0 Å². The van der Waals surface area contributed by atoms with Crippen molar-refractivity contribution >= 4 is 17.3 Å². The normalized spacial score (nSPS) is 21.9. The van der Waals surface area contributed by atoms with Gasteiger partial charge in [0.05, 0.1) is 19.0 Å². The zero-order valence-corrected chi connectivity index (χ0v) is 11.2. The fraction of sp³-hybridized carbons (Fsp3) is 0.429. The molecule has 1 atom stereocenters. The van der Waals surface area contributed by atoms with E-state index in [1.807, 2.05) is 18.0 Å². The van der Waals surface area contributed by atoms with Crippen LogP contribution in [0.1, 0.15) is 25.8 Å². The third-order valence-electron chi connectivity index (χ3n) is 3.60. The predicted molar refractivity (Wildman–Crippen MR) is 74.4 cm³/mol. The monoisotopic (exact) mass is 258 g/mol. The van der Waals surface area contributed by atoms with E-state index in [0.717, 1.165) is 24.5 Å². The van der Waals surface area contributed by atoms with E-state index >= 15 is 0 Å². The quantitative estimate of drug-likeness (QED) is 0.833. The van der Waals surface area contributed by atoms with Gasteiger partial charge >= 0.3 is 0 Å². The third-order valence-corrected chi connectivity index (χ3v) is 3.60. The van der Waals surface area contributed by atoms with Crippen LogP contribution in [0.2, 0.25) is 0 Å². The minimum absolute atomic E-state index is 0.0583. The lowest BCUT2D eigenvalue weighted by molar-refractivity contribution is -0.121. The van der Waals surface area contributed by atoms with Crippen molar-refractivity contribution in [3.05, 3.63) is 29.5 Å². The molecule has 0 fully saturated rings. The van der Waals surface area contributed by atoms with Gasteiger partial charge in [-0.15, -0.1) is 0 Å². The summed E-state index contributed by atoms with van der Waals surface area (Å²) in [5.74, 6) is 1.06. The molecular weight excluding hydrogens is 240 g/mol. The highest BCUT2D eigenvalue weighted by molar-refractivity contribution is 5.93. The Balaban J connectivity index is 2.10. The summed E-state index contributed by atoms with van der Waals surface area (Å²) in [7, 11) is 0. The van der Waals surface area contributed by atoms with E-state index in [0.29, 0.717) is 6.42 Å². The second-order valence-electron chi connectivity index (χ2n) is 4.96. The first-order chi connectivity index (χ1) is 9.20. The Morgan fingerprint density at radius 2 is 2.42 bits per heavy atom. The Hall–Kier alpha value is -1.88. The summed E-state index contributed by atoms with van der Waals surface area (Å²) in [6.07, 6.45) is 2.29. The molecule has 1 amide bonds. The average Bonchev–Trinajstić information content (AvgIpc) is 2.38. The van der Waals surface area contributed by atoms with Gasteiger partial charge in [0.1, 0.15) is 0 Å². The molecular formula is C14H18N4O. The van der Waals surface area contributed by atoms with Crippen molar-refractivity contribution in [1.82, 2.24) is 15.7 Å². The van der Waals surface area contributed by atoms with Crippen LogP contribution in [0.5, 0.6) is 0 Å². The van der Waals surface area contributed by atoms with E-state index in [2.05, 4.69) is 28.7 Å². The Morgan fingerprint density at radius 1 is 1.58 bits per heavy atom. The first-order valence-corrected chi connectivity index (χ1v) is 6.68. The van der Waals surface area contributed by atoms with Gasteiger partial charge in [0.2, 0.25) is 5.91 Å². The second kappa shape index (κ2) is 4.66. The molecule has 2 N–H and O–H groups in total. The zero-order valence-electron chi connectivity index (χ0n) is 11.2. The number of aromatic nitrogens is 1. The van der Waals surface area contributed by atoms with Crippen LogP contribution in [0.25, 0.3) is 5.57 Å². The number of rotatable bonds is 2. The van der Waals surface area contributed by atoms with Crippen molar-refractivity contribution in [2.75, 3.05) is 18.1 Å². The average molecular weight is 258 g/mol. The van der Waals surface area contributed by atoms with Crippen molar-refractivity contribution in [3.8, 4) is 0 Å². The van der Waals surface area contributed by atoms with Crippen molar-refractivity contribution < 1.29 is 4.79 Å². The molecule has 3 rings (SSSR count). The topological polar surface area (TPSA) is 57.3 Å². The van der Waals surface area contributed by atoms with Crippen molar-refractivity contribution in [2.24, 2.45) is 0 Å². The summed E-state index contributed by atoms with van der Waals surface area (Å²) in [6.45, 7) is 5.65. The highest BCUT2D eigenvalue weighted by Crippen LogP contribution is 2.37. The summed E-state index contributed by atoms with van der Waals surface area (Å²) in [5, 5.41) is 5.04. The molecule has 19 heavy (non-hydrogen) atoms. The summed E-state index contributed by atoms with van der Waals surface area (Å²) < 4.78 is 0. The molecule has 5 nitrogen and oxygen atoms in total. The highest BCUT2D eigenvalue weighted by atomic mass is 16.1. The first kappa shape index (κ1) is 12.2. The van der Waals surface area contributed by atoms with Gasteiger partial charge in [-0.2, -0.15) is 0 Å². The number of fused-ring (bicyclic) bond motifs is 2. The molecule has 2 aliphatic heterocycles. The Bertz CT molecular complexity index is 552. The van der Waals surface area contributed by atoms with E-state index in [-0.39, 0.29) is 11.9 Å². The van der Waals surface area contributed by atoms with Crippen LogP contribution in [-0.2, 0) is 4.79 Å². The van der Waals surface area contributed by atoms with E-state index in [1.165, 1.54) is 11.1 Å². The molecule has 1 aromatic rings. The first-order valence-electron chi connectivity index (χ1n) is 6.68. The molecule has 0 aliphatic carbocycles. The van der Waals surface area contributed by atoms with Crippen molar-refractivity contribution in [3.63, 3.8) is 0 Å². The molecule has 100 valence electrons. The molecule has 0 bridgehead atoms. The van der Waals surface area contributed by atoms with Crippen LogP contribution in [-0.4, -0.2) is 30.0 Å². The maximum Gasteiger partial charge on any atom is 0.224 e. The van der Waals surface area contributed by atoms with Crippen molar-refractivity contribution in [2.45, 2.75) is 26.3 Å². The minimum Gasteiger partial charge on any atom is -0.349 e. The Morgan fingerprint density at radius 3 is 3.21 bits per heavy atom. The van der Waals surface area contributed by atoms with Gasteiger partial charge in [-0.1, -0.05) is 6.92 Å². The summed E-state index contributed by atoms with van der Waals surface area (Å²) >= 11 is 0. The third kappa shape index (κ3) is 2.00. The predicted octanol–water partition coefficient (Wildman–Crippen LogP) is 1.09. The molecule has 1 aromatic heterocycles. The fourth-order valence-electron chi connectivity index (χ4n) is 2.93. The van der Waals surface area contributed by atoms with E-state index in [1.54, 1.807) is 6.20 Å². The molecule has 0 saturated carbocycles. The maximum absolute atomic E-state index is 11.7. The Labute approximate surface area is 112 Å².